The molecule has 0 aliphatic carbocycles. The first kappa shape index (κ1) is 19.4. The number of halogens is 1. The number of esters is 1. The van der Waals surface area contributed by atoms with Crippen LogP contribution in [0.25, 0.3) is 10.2 Å². The second kappa shape index (κ2) is 7.34. The van der Waals surface area contributed by atoms with Crippen molar-refractivity contribution in [2.75, 3.05) is 11.8 Å². The fourth-order valence-corrected chi connectivity index (χ4v) is 4.85. The highest BCUT2D eigenvalue weighted by molar-refractivity contribution is 7.92. The van der Waals surface area contributed by atoms with E-state index in [0.29, 0.717) is 16.9 Å². The predicted molar refractivity (Wildman–Crippen MR) is 105 cm³/mol. The fraction of sp³-hybridized carbons (Fsp3) is 0.176. The number of sulfonamides is 1. The summed E-state index contributed by atoms with van der Waals surface area (Å²) in [4.78, 5) is 23.4. The smallest absolute Gasteiger partial charge is 0.339 e. The number of hydrogen-bond donors (Lipinski definition) is 1. The minimum absolute atomic E-state index is 0.0456. The van der Waals surface area contributed by atoms with E-state index in [1.54, 1.807) is 22.8 Å². The minimum Gasteiger partial charge on any atom is -0.465 e. The molecule has 27 heavy (non-hydrogen) atoms. The Morgan fingerprint density at radius 1 is 1.26 bits per heavy atom. The topological polar surface area (TPSA) is 94.5 Å². The molecule has 1 N–H and O–H groups in total. The van der Waals surface area contributed by atoms with Crippen molar-refractivity contribution >= 4 is 54.8 Å². The molecule has 1 heterocycles. The van der Waals surface area contributed by atoms with Crippen LogP contribution < -0.4 is 9.60 Å². The van der Waals surface area contributed by atoms with Gasteiger partial charge in [-0.05, 0) is 43.3 Å². The summed E-state index contributed by atoms with van der Waals surface area (Å²) in [6.45, 7) is 2.40. The molecule has 1 aromatic heterocycles. The van der Waals surface area contributed by atoms with E-state index in [1.165, 1.54) is 19.2 Å². The van der Waals surface area contributed by atoms with Crippen LogP contribution in [0.3, 0.4) is 0 Å². The molecule has 7 nitrogen and oxygen atoms in total. The van der Waals surface area contributed by atoms with Gasteiger partial charge < -0.3 is 4.74 Å². The van der Waals surface area contributed by atoms with Crippen molar-refractivity contribution in [2.24, 2.45) is 0 Å². The van der Waals surface area contributed by atoms with Gasteiger partial charge in [-0.1, -0.05) is 22.9 Å². The lowest BCUT2D eigenvalue weighted by atomic mass is 10.2. The Hall–Kier alpha value is -2.36. The van der Waals surface area contributed by atoms with Crippen LogP contribution >= 0.6 is 22.9 Å². The molecule has 0 spiro atoms. The fourth-order valence-electron chi connectivity index (χ4n) is 2.58. The van der Waals surface area contributed by atoms with Crippen molar-refractivity contribution in [1.29, 1.82) is 0 Å². The number of benzene rings is 2. The van der Waals surface area contributed by atoms with Gasteiger partial charge in [-0.15, -0.1) is 0 Å². The molecular formula is C17H15ClN2O5S2. The molecule has 0 aliphatic heterocycles. The molecule has 3 rings (SSSR count). The number of thiazole rings is 1. The molecule has 0 saturated carbocycles. The van der Waals surface area contributed by atoms with Crippen LogP contribution in [0, 0.1) is 0 Å². The first-order chi connectivity index (χ1) is 12.8. The zero-order valence-electron chi connectivity index (χ0n) is 14.4. The first-order valence-corrected chi connectivity index (χ1v) is 10.5. The van der Waals surface area contributed by atoms with Crippen molar-refractivity contribution < 1.29 is 17.9 Å². The first-order valence-electron chi connectivity index (χ1n) is 7.81. The number of ether oxygens (including phenoxy) is 1. The summed E-state index contributed by atoms with van der Waals surface area (Å²) in [7, 11) is -2.79. The number of nitrogens with zero attached hydrogens (tertiary/aromatic N) is 1. The Bertz CT molecular complexity index is 1200. The predicted octanol–water partition coefficient (Wildman–Crippen LogP) is 3.32. The number of aryl methyl sites for hydroxylation is 1. The van der Waals surface area contributed by atoms with Gasteiger partial charge in [0.1, 0.15) is 0 Å². The normalized spacial score (nSPS) is 11.5. The number of rotatable bonds is 5. The lowest BCUT2D eigenvalue weighted by molar-refractivity contribution is 0.0600. The van der Waals surface area contributed by atoms with Gasteiger partial charge in [0.05, 0.1) is 38.5 Å². The standard InChI is InChI=1S/C17H15ClN2O5S2/c1-3-20-14-7-4-10(8-15(14)26-17(20)22)19-27(23,24)11-5-6-13(18)12(9-11)16(21)25-2/h4-9,19H,3H2,1-2H3. The maximum atomic E-state index is 12.7. The van der Waals surface area contributed by atoms with Gasteiger partial charge in [0, 0.05) is 6.54 Å². The molecule has 142 valence electrons. The number of carbonyl (C=O) groups excluding carboxylic acids is 1. The molecule has 3 aromatic rings. The van der Waals surface area contributed by atoms with Crippen LogP contribution in [0.2, 0.25) is 5.02 Å². The van der Waals surface area contributed by atoms with Crippen molar-refractivity contribution in [3.05, 3.63) is 56.7 Å². The van der Waals surface area contributed by atoms with E-state index in [1.807, 2.05) is 6.92 Å². The van der Waals surface area contributed by atoms with Gasteiger partial charge in [0.2, 0.25) is 0 Å². The number of aromatic nitrogens is 1. The number of methoxy groups -OCH3 is 1. The summed E-state index contributed by atoms with van der Waals surface area (Å²) in [6.07, 6.45) is 0. The Morgan fingerprint density at radius 2 is 2.00 bits per heavy atom. The van der Waals surface area contributed by atoms with Crippen molar-refractivity contribution in [3.63, 3.8) is 0 Å². The van der Waals surface area contributed by atoms with Gasteiger partial charge >= 0.3 is 10.8 Å². The van der Waals surface area contributed by atoms with Crippen molar-refractivity contribution in [1.82, 2.24) is 4.57 Å². The monoisotopic (exact) mass is 426 g/mol. The van der Waals surface area contributed by atoms with Crippen LogP contribution in [0.1, 0.15) is 17.3 Å². The molecule has 10 heteroatoms. The van der Waals surface area contributed by atoms with E-state index in [-0.39, 0.29) is 20.4 Å². The quantitative estimate of drug-likeness (QED) is 0.631. The Morgan fingerprint density at radius 3 is 2.67 bits per heavy atom. The van der Waals surface area contributed by atoms with E-state index in [9.17, 15) is 18.0 Å². The maximum Gasteiger partial charge on any atom is 0.339 e. The third-order valence-electron chi connectivity index (χ3n) is 3.89. The number of carbonyl (C=O) groups is 1. The summed E-state index contributed by atoms with van der Waals surface area (Å²) in [5.74, 6) is -0.732. The van der Waals surface area contributed by atoms with Crippen LogP contribution in [-0.2, 0) is 21.3 Å². The molecule has 0 saturated heterocycles. The lowest BCUT2D eigenvalue weighted by Gasteiger charge is -2.10. The van der Waals surface area contributed by atoms with Gasteiger partial charge in [-0.3, -0.25) is 14.1 Å². The number of anilines is 1. The lowest BCUT2D eigenvalue weighted by Crippen LogP contribution is -2.14. The molecule has 0 bridgehead atoms. The van der Waals surface area contributed by atoms with Crippen LogP contribution in [0.5, 0.6) is 0 Å². The van der Waals surface area contributed by atoms with E-state index >= 15 is 0 Å². The Kier molecular flexibility index (Phi) is 5.27. The summed E-state index contributed by atoms with van der Waals surface area (Å²) in [5, 5.41) is 0.0906. The molecule has 2 aromatic carbocycles. The Balaban J connectivity index is 1.98. The second-order valence-electron chi connectivity index (χ2n) is 5.53. The van der Waals surface area contributed by atoms with Crippen LogP contribution in [-0.4, -0.2) is 26.1 Å². The highest BCUT2D eigenvalue weighted by atomic mass is 35.5. The van der Waals surface area contributed by atoms with E-state index < -0.39 is 16.0 Å². The van der Waals surface area contributed by atoms with E-state index in [2.05, 4.69) is 9.46 Å². The third kappa shape index (κ3) is 3.71. The SMILES string of the molecule is CCn1c(=O)sc2cc(NS(=O)(=O)c3ccc(Cl)c(C(=O)OC)c3)ccc21. The molecule has 0 atom stereocenters. The van der Waals surface area contributed by atoms with Gasteiger partial charge in [-0.25, -0.2) is 13.2 Å². The molecule has 0 aliphatic rings. The summed E-state index contributed by atoms with van der Waals surface area (Å²) in [5.41, 5.74) is 1.01. The third-order valence-corrected chi connectivity index (χ3v) is 6.54. The highest BCUT2D eigenvalue weighted by Crippen LogP contribution is 2.26. The van der Waals surface area contributed by atoms with E-state index in [0.717, 1.165) is 22.9 Å². The summed E-state index contributed by atoms with van der Waals surface area (Å²) in [6, 6.07) is 8.63. The van der Waals surface area contributed by atoms with E-state index in [4.69, 9.17) is 11.6 Å². The number of nitrogens with one attached hydrogen (secondary N) is 1. The minimum atomic E-state index is -3.97. The largest absolute Gasteiger partial charge is 0.465 e. The number of hydrogen-bond acceptors (Lipinski definition) is 6. The summed E-state index contributed by atoms with van der Waals surface area (Å²) >= 11 is 6.97. The van der Waals surface area contributed by atoms with Crippen molar-refractivity contribution in [2.45, 2.75) is 18.4 Å². The maximum absolute atomic E-state index is 12.7. The van der Waals surface area contributed by atoms with Gasteiger partial charge in [0.25, 0.3) is 10.0 Å². The Labute approximate surface area is 164 Å². The molecule has 0 radical (unpaired) electrons. The van der Waals surface area contributed by atoms with Crippen LogP contribution in [0.4, 0.5) is 5.69 Å². The average molecular weight is 427 g/mol. The highest BCUT2D eigenvalue weighted by Gasteiger charge is 2.20. The summed E-state index contributed by atoms with van der Waals surface area (Å²) < 4.78 is 34.7. The molecule has 0 unspecified atom stereocenters. The van der Waals surface area contributed by atoms with Gasteiger partial charge in [0.15, 0.2) is 0 Å². The second-order valence-corrected chi connectivity index (χ2v) is 8.62. The van der Waals surface area contributed by atoms with Crippen molar-refractivity contribution in [3.8, 4) is 0 Å². The molecule has 0 amide bonds. The molecular weight excluding hydrogens is 412 g/mol. The molecule has 0 fully saturated rings. The zero-order valence-corrected chi connectivity index (χ0v) is 16.7. The average Bonchev–Trinajstić information content (AvgIpc) is 2.95. The van der Waals surface area contributed by atoms with Gasteiger partial charge in [-0.2, -0.15) is 0 Å². The van der Waals surface area contributed by atoms with Crippen LogP contribution in [0.15, 0.2) is 46.1 Å². The zero-order chi connectivity index (χ0) is 19.8. The number of fused-ring (bicyclic) bond motifs is 1.